The van der Waals surface area contributed by atoms with Crippen LogP contribution in [0.1, 0.15) is 26.7 Å². The molecule has 0 aliphatic rings. The Morgan fingerprint density at radius 1 is 1.47 bits per heavy atom. The molecule has 2 N–H and O–H groups in total. The summed E-state index contributed by atoms with van der Waals surface area (Å²) >= 11 is 0. The van der Waals surface area contributed by atoms with E-state index < -0.39 is 17.9 Å². The van der Waals surface area contributed by atoms with E-state index in [2.05, 4.69) is 5.32 Å². The first-order chi connectivity index (χ1) is 6.99. The van der Waals surface area contributed by atoms with Crippen molar-refractivity contribution in [2.75, 3.05) is 20.1 Å². The predicted octanol–water partition coefficient (Wildman–Crippen LogP) is -0.258. The molecular formula is C10H20N2O3. The van der Waals surface area contributed by atoms with Crippen LogP contribution < -0.4 is 5.32 Å². The molecule has 0 aliphatic heterocycles. The van der Waals surface area contributed by atoms with Crippen molar-refractivity contribution in [3.8, 4) is 0 Å². The summed E-state index contributed by atoms with van der Waals surface area (Å²) in [5.41, 5.74) is 0. The average molecular weight is 216 g/mol. The van der Waals surface area contributed by atoms with Gasteiger partial charge >= 0.3 is 11.8 Å². The molecule has 0 rings (SSSR count). The van der Waals surface area contributed by atoms with E-state index in [1.54, 1.807) is 14.0 Å². The van der Waals surface area contributed by atoms with Gasteiger partial charge in [0.1, 0.15) is 0 Å². The molecule has 0 fully saturated rings. The zero-order valence-corrected chi connectivity index (χ0v) is 9.62. The first kappa shape index (κ1) is 13.9. The number of nitrogens with zero attached hydrogens (tertiary/aromatic N) is 1. The van der Waals surface area contributed by atoms with Gasteiger partial charge in [-0.1, -0.05) is 13.3 Å². The Morgan fingerprint density at radius 3 is 2.53 bits per heavy atom. The van der Waals surface area contributed by atoms with Gasteiger partial charge in [0.05, 0.1) is 6.10 Å². The summed E-state index contributed by atoms with van der Waals surface area (Å²) in [4.78, 5) is 24.0. The minimum Gasteiger partial charge on any atom is -0.392 e. The van der Waals surface area contributed by atoms with E-state index in [1.165, 1.54) is 4.90 Å². The molecule has 1 atom stereocenters. The smallest absolute Gasteiger partial charge is 0.311 e. The molecule has 0 spiro atoms. The fraction of sp³-hybridized carbons (Fsp3) is 0.800. The van der Waals surface area contributed by atoms with Gasteiger partial charge < -0.3 is 15.3 Å². The fourth-order valence-corrected chi connectivity index (χ4v) is 0.986. The number of amides is 2. The lowest BCUT2D eigenvalue weighted by atomic mass is 10.3. The van der Waals surface area contributed by atoms with Crippen molar-refractivity contribution in [2.45, 2.75) is 32.8 Å². The van der Waals surface area contributed by atoms with Crippen LogP contribution in [0, 0.1) is 0 Å². The maximum absolute atomic E-state index is 11.4. The third-order valence-corrected chi connectivity index (χ3v) is 1.95. The largest absolute Gasteiger partial charge is 0.392 e. The number of unbranched alkanes of at least 4 members (excludes halogenated alkanes) is 1. The van der Waals surface area contributed by atoms with Gasteiger partial charge in [-0.05, 0) is 13.3 Å². The Labute approximate surface area is 90.5 Å². The lowest BCUT2D eigenvalue weighted by Crippen LogP contribution is -2.43. The molecule has 5 heteroatoms. The highest BCUT2D eigenvalue weighted by molar-refractivity contribution is 6.34. The van der Waals surface area contributed by atoms with Crippen molar-refractivity contribution >= 4 is 11.8 Å². The normalized spacial score (nSPS) is 12.0. The lowest BCUT2D eigenvalue weighted by molar-refractivity contribution is -0.145. The molecular weight excluding hydrogens is 196 g/mol. The maximum atomic E-state index is 11.4. The average Bonchev–Trinajstić information content (AvgIpc) is 2.21. The zero-order valence-electron chi connectivity index (χ0n) is 9.62. The van der Waals surface area contributed by atoms with Crippen LogP contribution in [0.2, 0.25) is 0 Å². The van der Waals surface area contributed by atoms with E-state index in [1.807, 2.05) is 6.92 Å². The molecule has 0 saturated heterocycles. The molecule has 0 aliphatic carbocycles. The monoisotopic (exact) mass is 216 g/mol. The molecule has 1 unspecified atom stereocenters. The fourth-order valence-electron chi connectivity index (χ4n) is 0.986. The van der Waals surface area contributed by atoms with Crippen LogP contribution in [0.15, 0.2) is 0 Å². The second-order valence-corrected chi connectivity index (χ2v) is 3.64. The van der Waals surface area contributed by atoms with Gasteiger partial charge in [-0.2, -0.15) is 0 Å². The van der Waals surface area contributed by atoms with Crippen LogP contribution in [0.3, 0.4) is 0 Å². The van der Waals surface area contributed by atoms with Crippen molar-refractivity contribution in [2.24, 2.45) is 0 Å². The highest BCUT2D eigenvalue weighted by atomic mass is 16.3. The van der Waals surface area contributed by atoms with E-state index in [4.69, 9.17) is 5.11 Å². The molecule has 0 aromatic rings. The SMILES string of the molecule is CCCCN(C)C(=O)C(=O)NCC(C)O. The summed E-state index contributed by atoms with van der Waals surface area (Å²) in [6.45, 7) is 4.25. The summed E-state index contributed by atoms with van der Waals surface area (Å²) < 4.78 is 0. The number of aliphatic hydroxyl groups excluding tert-OH is 1. The van der Waals surface area contributed by atoms with E-state index in [9.17, 15) is 9.59 Å². The van der Waals surface area contributed by atoms with Crippen molar-refractivity contribution in [1.82, 2.24) is 10.2 Å². The first-order valence-electron chi connectivity index (χ1n) is 5.20. The number of carbonyl (C=O) groups excluding carboxylic acids is 2. The van der Waals surface area contributed by atoms with Crippen LogP contribution in [0.4, 0.5) is 0 Å². The Kier molecular flexibility index (Phi) is 6.70. The molecule has 0 aromatic heterocycles. The summed E-state index contributed by atoms with van der Waals surface area (Å²) in [7, 11) is 1.60. The molecule has 2 amide bonds. The van der Waals surface area contributed by atoms with Gasteiger partial charge in [0.15, 0.2) is 0 Å². The van der Waals surface area contributed by atoms with Crippen LogP contribution >= 0.6 is 0 Å². The summed E-state index contributed by atoms with van der Waals surface area (Å²) in [5, 5.41) is 11.3. The Bertz CT molecular complexity index is 217. The van der Waals surface area contributed by atoms with E-state index in [0.29, 0.717) is 6.54 Å². The molecule has 88 valence electrons. The zero-order chi connectivity index (χ0) is 11.8. The number of nitrogens with one attached hydrogen (secondary N) is 1. The van der Waals surface area contributed by atoms with Crippen molar-refractivity contribution in [1.29, 1.82) is 0 Å². The minimum atomic E-state index is -0.658. The van der Waals surface area contributed by atoms with Crippen LogP contribution in [-0.4, -0.2) is 48.1 Å². The molecule has 0 bridgehead atoms. The third-order valence-electron chi connectivity index (χ3n) is 1.95. The van der Waals surface area contributed by atoms with Crippen LogP contribution in [-0.2, 0) is 9.59 Å². The summed E-state index contributed by atoms with van der Waals surface area (Å²) in [5.74, 6) is -1.21. The van der Waals surface area contributed by atoms with E-state index in [0.717, 1.165) is 12.8 Å². The molecule has 0 radical (unpaired) electrons. The molecule has 0 aromatic carbocycles. The van der Waals surface area contributed by atoms with Crippen LogP contribution in [0.5, 0.6) is 0 Å². The number of carbonyl (C=O) groups is 2. The Morgan fingerprint density at radius 2 is 2.07 bits per heavy atom. The number of hydrogen-bond donors (Lipinski definition) is 2. The Balaban J connectivity index is 3.91. The maximum Gasteiger partial charge on any atom is 0.311 e. The van der Waals surface area contributed by atoms with Gasteiger partial charge in [-0.3, -0.25) is 9.59 Å². The van der Waals surface area contributed by atoms with E-state index >= 15 is 0 Å². The highest BCUT2D eigenvalue weighted by Crippen LogP contribution is 1.92. The van der Waals surface area contributed by atoms with Gasteiger partial charge in [-0.25, -0.2) is 0 Å². The first-order valence-corrected chi connectivity index (χ1v) is 5.20. The number of aliphatic hydroxyl groups is 1. The second-order valence-electron chi connectivity index (χ2n) is 3.64. The molecule has 0 saturated carbocycles. The molecule has 0 heterocycles. The summed E-state index contributed by atoms with van der Waals surface area (Å²) in [6, 6.07) is 0. The van der Waals surface area contributed by atoms with Gasteiger partial charge in [0, 0.05) is 20.1 Å². The number of likely N-dealkylation sites (N-methyl/N-ethyl adjacent to an activating group) is 1. The quantitative estimate of drug-likeness (QED) is 0.622. The van der Waals surface area contributed by atoms with Crippen LogP contribution in [0.25, 0.3) is 0 Å². The summed E-state index contributed by atoms with van der Waals surface area (Å²) in [6.07, 6.45) is 1.22. The van der Waals surface area contributed by atoms with Gasteiger partial charge in [-0.15, -0.1) is 0 Å². The van der Waals surface area contributed by atoms with Crippen molar-refractivity contribution in [3.63, 3.8) is 0 Å². The Hall–Kier alpha value is -1.10. The van der Waals surface area contributed by atoms with Crippen molar-refractivity contribution in [3.05, 3.63) is 0 Å². The minimum absolute atomic E-state index is 0.103. The number of rotatable bonds is 5. The second kappa shape index (κ2) is 7.23. The topological polar surface area (TPSA) is 69.6 Å². The highest BCUT2D eigenvalue weighted by Gasteiger charge is 2.17. The van der Waals surface area contributed by atoms with Crippen molar-refractivity contribution < 1.29 is 14.7 Å². The molecule has 5 nitrogen and oxygen atoms in total. The lowest BCUT2D eigenvalue weighted by Gasteiger charge is -2.16. The standard InChI is InChI=1S/C10H20N2O3/c1-4-5-6-12(3)10(15)9(14)11-7-8(2)13/h8,13H,4-7H2,1-3H3,(H,11,14). The third kappa shape index (κ3) is 6.06. The predicted molar refractivity (Wildman–Crippen MR) is 57.2 cm³/mol. The van der Waals surface area contributed by atoms with E-state index in [-0.39, 0.29) is 6.54 Å². The van der Waals surface area contributed by atoms with Gasteiger partial charge in [0.2, 0.25) is 0 Å². The number of hydrogen-bond acceptors (Lipinski definition) is 3. The molecule has 15 heavy (non-hydrogen) atoms. The van der Waals surface area contributed by atoms with Gasteiger partial charge in [0.25, 0.3) is 0 Å².